The molecular formula is C14H23FIN5. The fourth-order valence-electron chi connectivity index (χ4n) is 2.42. The average molecular weight is 407 g/mol. The molecule has 118 valence electrons. The van der Waals surface area contributed by atoms with E-state index >= 15 is 0 Å². The van der Waals surface area contributed by atoms with Gasteiger partial charge in [-0.05, 0) is 18.6 Å². The number of aliphatic imine (C=N–C) groups is 1. The first-order valence-electron chi connectivity index (χ1n) is 6.94. The Balaban J connectivity index is 0.00000220. The first-order chi connectivity index (χ1) is 9.66. The molecule has 21 heavy (non-hydrogen) atoms. The van der Waals surface area contributed by atoms with Crippen molar-refractivity contribution in [1.29, 1.82) is 0 Å². The van der Waals surface area contributed by atoms with Crippen molar-refractivity contribution < 1.29 is 4.39 Å². The molecule has 5 nitrogen and oxygen atoms in total. The summed E-state index contributed by atoms with van der Waals surface area (Å²) in [5.41, 5.74) is 11.3. The summed E-state index contributed by atoms with van der Waals surface area (Å²) in [6, 6.07) is 6.94. The molecular weight excluding hydrogens is 384 g/mol. The van der Waals surface area contributed by atoms with Crippen LogP contribution in [-0.4, -0.2) is 50.1 Å². The molecule has 1 aromatic carbocycles. The van der Waals surface area contributed by atoms with Crippen molar-refractivity contribution in [3.05, 3.63) is 30.1 Å². The van der Waals surface area contributed by atoms with Crippen LogP contribution in [-0.2, 0) is 0 Å². The van der Waals surface area contributed by atoms with Gasteiger partial charge >= 0.3 is 0 Å². The lowest BCUT2D eigenvalue weighted by Gasteiger charge is -2.36. The number of rotatable bonds is 5. The van der Waals surface area contributed by atoms with Gasteiger partial charge in [0.15, 0.2) is 5.96 Å². The molecule has 1 saturated heterocycles. The summed E-state index contributed by atoms with van der Waals surface area (Å²) < 4.78 is 13.7. The van der Waals surface area contributed by atoms with Gasteiger partial charge in [-0.1, -0.05) is 12.1 Å². The van der Waals surface area contributed by atoms with Gasteiger partial charge in [-0.25, -0.2) is 4.39 Å². The topological polar surface area (TPSA) is 70.9 Å². The van der Waals surface area contributed by atoms with E-state index in [4.69, 9.17) is 11.5 Å². The van der Waals surface area contributed by atoms with E-state index in [2.05, 4.69) is 14.8 Å². The summed E-state index contributed by atoms with van der Waals surface area (Å²) in [6.45, 7) is 5.22. The van der Waals surface area contributed by atoms with Gasteiger partial charge < -0.3 is 16.4 Å². The highest BCUT2D eigenvalue weighted by Gasteiger charge is 2.18. The van der Waals surface area contributed by atoms with Crippen molar-refractivity contribution in [2.75, 3.05) is 44.2 Å². The standard InChI is InChI=1S/C14H22FN5.HI/c15-12-4-1-2-5-13(12)20-10-8-19(9-11-20)7-3-6-18-14(16)17;/h1-2,4-5H,3,6-11H2,(H4,16,17,18);1H. The summed E-state index contributed by atoms with van der Waals surface area (Å²) in [5.74, 6) is 0.00285. The molecule has 0 amide bonds. The monoisotopic (exact) mass is 407 g/mol. The Bertz CT molecular complexity index is 456. The maximum Gasteiger partial charge on any atom is 0.185 e. The molecule has 4 N–H and O–H groups in total. The number of piperazine rings is 1. The third-order valence-corrected chi connectivity index (χ3v) is 3.49. The number of halogens is 2. The number of guanidine groups is 1. The van der Waals surface area contributed by atoms with Crippen LogP contribution in [0.2, 0.25) is 0 Å². The quantitative estimate of drug-likeness (QED) is 0.334. The van der Waals surface area contributed by atoms with Crippen LogP contribution in [0.15, 0.2) is 29.3 Å². The summed E-state index contributed by atoms with van der Waals surface area (Å²) in [4.78, 5) is 8.43. The molecule has 0 aromatic heterocycles. The van der Waals surface area contributed by atoms with Gasteiger partial charge in [0.05, 0.1) is 5.69 Å². The van der Waals surface area contributed by atoms with Crippen LogP contribution in [0.25, 0.3) is 0 Å². The Labute approximate surface area is 142 Å². The van der Waals surface area contributed by atoms with Gasteiger partial charge in [-0.3, -0.25) is 9.89 Å². The van der Waals surface area contributed by atoms with Crippen molar-refractivity contribution in [3.8, 4) is 0 Å². The molecule has 1 heterocycles. The highest BCUT2D eigenvalue weighted by Crippen LogP contribution is 2.20. The second kappa shape index (κ2) is 9.04. The summed E-state index contributed by atoms with van der Waals surface area (Å²) in [7, 11) is 0. The molecule has 0 radical (unpaired) electrons. The summed E-state index contributed by atoms with van der Waals surface area (Å²) >= 11 is 0. The van der Waals surface area contributed by atoms with Crippen LogP contribution in [0.3, 0.4) is 0 Å². The second-order valence-corrected chi connectivity index (χ2v) is 4.94. The number of hydrogen-bond donors (Lipinski definition) is 2. The largest absolute Gasteiger partial charge is 0.370 e. The van der Waals surface area contributed by atoms with E-state index in [1.807, 2.05) is 12.1 Å². The maximum absolute atomic E-state index is 13.7. The minimum absolute atomic E-state index is 0. The van der Waals surface area contributed by atoms with Crippen LogP contribution in [0.5, 0.6) is 0 Å². The number of hydrogen-bond acceptors (Lipinski definition) is 3. The number of benzene rings is 1. The van der Waals surface area contributed by atoms with E-state index in [1.54, 1.807) is 6.07 Å². The molecule has 1 aliphatic heterocycles. The number of para-hydroxylation sites is 1. The van der Waals surface area contributed by atoms with E-state index < -0.39 is 0 Å². The lowest BCUT2D eigenvalue weighted by molar-refractivity contribution is 0.256. The fraction of sp³-hybridized carbons (Fsp3) is 0.500. The first kappa shape index (κ1) is 18.0. The molecule has 1 aromatic rings. The van der Waals surface area contributed by atoms with Gasteiger partial charge in [-0.2, -0.15) is 0 Å². The van der Waals surface area contributed by atoms with Crippen molar-refractivity contribution in [2.45, 2.75) is 6.42 Å². The van der Waals surface area contributed by atoms with Gasteiger partial charge in [0.1, 0.15) is 5.82 Å². The minimum Gasteiger partial charge on any atom is -0.370 e. The van der Waals surface area contributed by atoms with Crippen LogP contribution >= 0.6 is 24.0 Å². The normalized spacial score (nSPS) is 15.4. The smallest absolute Gasteiger partial charge is 0.185 e. The zero-order chi connectivity index (χ0) is 14.4. The molecule has 0 unspecified atom stereocenters. The van der Waals surface area contributed by atoms with E-state index in [1.165, 1.54) is 6.07 Å². The molecule has 0 atom stereocenters. The van der Waals surface area contributed by atoms with Crippen molar-refractivity contribution >= 4 is 35.6 Å². The number of anilines is 1. The SMILES string of the molecule is I.NC(N)=NCCCN1CCN(c2ccccc2F)CC1. The molecule has 1 fully saturated rings. The van der Waals surface area contributed by atoms with Gasteiger partial charge in [0.2, 0.25) is 0 Å². The average Bonchev–Trinajstić information content (AvgIpc) is 2.45. The Morgan fingerprint density at radius 1 is 1.14 bits per heavy atom. The minimum atomic E-state index is -0.145. The third-order valence-electron chi connectivity index (χ3n) is 3.49. The lowest BCUT2D eigenvalue weighted by Crippen LogP contribution is -2.47. The van der Waals surface area contributed by atoms with Gasteiger partial charge in [0.25, 0.3) is 0 Å². The molecule has 0 saturated carbocycles. The maximum atomic E-state index is 13.7. The Morgan fingerprint density at radius 2 is 1.81 bits per heavy atom. The Hall–Kier alpha value is -1.09. The predicted molar refractivity (Wildman–Crippen MR) is 95.8 cm³/mol. The summed E-state index contributed by atoms with van der Waals surface area (Å²) in [5, 5.41) is 0. The van der Waals surface area contributed by atoms with Crippen LogP contribution in [0, 0.1) is 5.82 Å². The number of nitrogens with zero attached hydrogens (tertiary/aromatic N) is 3. The molecule has 7 heteroatoms. The van der Waals surface area contributed by atoms with E-state index in [-0.39, 0.29) is 35.8 Å². The van der Waals surface area contributed by atoms with E-state index in [0.29, 0.717) is 12.2 Å². The van der Waals surface area contributed by atoms with Crippen LogP contribution in [0.1, 0.15) is 6.42 Å². The van der Waals surface area contributed by atoms with Gasteiger partial charge in [0, 0.05) is 39.3 Å². The van der Waals surface area contributed by atoms with Gasteiger partial charge in [-0.15, -0.1) is 24.0 Å². The first-order valence-corrected chi connectivity index (χ1v) is 6.94. The Kier molecular flexibility index (Phi) is 7.73. The zero-order valence-corrected chi connectivity index (χ0v) is 14.4. The zero-order valence-electron chi connectivity index (χ0n) is 12.0. The predicted octanol–water partition coefficient (Wildman–Crippen LogP) is 1.23. The highest BCUT2D eigenvalue weighted by atomic mass is 127. The molecule has 0 spiro atoms. The van der Waals surface area contributed by atoms with Crippen LogP contribution < -0.4 is 16.4 Å². The molecule has 0 bridgehead atoms. The fourth-order valence-corrected chi connectivity index (χ4v) is 2.42. The van der Waals surface area contributed by atoms with Crippen molar-refractivity contribution in [1.82, 2.24) is 4.90 Å². The van der Waals surface area contributed by atoms with Crippen molar-refractivity contribution in [3.63, 3.8) is 0 Å². The van der Waals surface area contributed by atoms with E-state index in [9.17, 15) is 4.39 Å². The van der Waals surface area contributed by atoms with Crippen molar-refractivity contribution in [2.24, 2.45) is 16.5 Å². The third kappa shape index (κ3) is 5.66. The van der Waals surface area contributed by atoms with E-state index in [0.717, 1.165) is 39.1 Å². The highest BCUT2D eigenvalue weighted by molar-refractivity contribution is 14.0. The molecule has 0 aliphatic carbocycles. The Morgan fingerprint density at radius 3 is 2.43 bits per heavy atom. The molecule has 1 aliphatic rings. The second-order valence-electron chi connectivity index (χ2n) is 4.94. The molecule has 2 rings (SSSR count). The van der Waals surface area contributed by atoms with Crippen LogP contribution in [0.4, 0.5) is 10.1 Å². The number of nitrogens with two attached hydrogens (primary N) is 2. The summed E-state index contributed by atoms with van der Waals surface area (Å²) in [6.07, 6.45) is 0.942. The lowest BCUT2D eigenvalue weighted by atomic mass is 10.2.